The average molecular weight is 378 g/mol. The number of benzene rings is 2. The highest BCUT2D eigenvalue weighted by atomic mass is 16.3. The predicted octanol–water partition coefficient (Wildman–Crippen LogP) is 4.75. The van der Waals surface area contributed by atoms with E-state index in [2.05, 4.69) is 10.3 Å². The summed E-state index contributed by atoms with van der Waals surface area (Å²) in [5.41, 5.74) is 2.79. The molecular formula is C22H22N2O4. The van der Waals surface area contributed by atoms with Crippen LogP contribution >= 0.6 is 0 Å². The third-order valence-electron chi connectivity index (χ3n) is 4.53. The lowest BCUT2D eigenvalue weighted by atomic mass is 9.88. The van der Waals surface area contributed by atoms with Gasteiger partial charge in [0.2, 0.25) is 5.78 Å². The van der Waals surface area contributed by atoms with Crippen LogP contribution in [0.5, 0.6) is 11.5 Å². The summed E-state index contributed by atoms with van der Waals surface area (Å²) in [7, 11) is 0. The van der Waals surface area contributed by atoms with Crippen molar-refractivity contribution in [2.75, 3.05) is 5.32 Å². The number of aliphatic hydroxyl groups excluding tert-OH is 1. The number of hydrogen-bond acceptors (Lipinski definition) is 6. The van der Waals surface area contributed by atoms with Crippen LogP contribution in [0.3, 0.4) is 0 Å². The fourth-order valence-electron chi connectivity index (χ4n) is 3.07. The molecule has 4 N–H and O–H groups in total. The second-order valence-electron chi connectivity index (χ2n) is 6.37. The van der Waals surface area contributed by atoms with E-state index >= 15 is 0 Å². The summed E-state index contributed by atoms with van der Waals surface area (Å²) >= 11 is 0. The van der Waals surface area contributed by atoms with Crippen molar-refractivity contribution in [3.63, 3.8) is 0 Å². The first-order valence-corrected chi connectivity index (χ1v) is 9.09. The molecule has 0 saturated carbocycles. The lowest BCUT2D eigenvalue weighted by Gasteiger charge is -2.24. The van der Waals surface area contributed by atoms with Gasteiger partial charge in [-0.1, -0.05) is 13.8 Å². The number of carbonyl (C=O) groups excluding carboxylic acids is 1. The molecule has 0 aliphatic heterocycles. The van der Waals surface area contributed by atoms with Gasteiger partial charge in [-0.25, -0.2) is 4.99 Å². The standard InChI is InChI=1S/C22H22N2O4/c1-3-17-19(23-13-5-9-15(25)10-6-13)21(27)18(4-2)22(28)20(17)24-14-7-11-16(26)12-8-14/h5-12,23,25-27H,3-4H2,1-2H3. The Balaban J connectivity index is 2.13. The molecule has 0 heterocycles. The molecular weight excluding hydrogens is 356 g/mol. The summed E-state index contributed by atoms with van der Waals surface area (Å²) in [4.78, 5) is 17.5. The molecule has 1 aliphatic rings. The van der Waals surface area contributed by atoms with Gasteiger partial charge in [-0.15, -0.1) is 0 Å². The summed E-state index contributed by atoms with van der Waals surface area (Å²) in [5, 5.41) is 32.8. The van der Waals surface area contributed by atoms with Crippen molar-refractivity contribution in [2.24, 2.45) is 4.99 Å². The lowest BCUT2D eigenvalue weighted by molar-refractivity contribution is -0.110. The second kappa shape index (κ2) is 8.00. The molecule has 2 aromatic rings. The summed E-state index contributed by atoms with van der Waals surface area (Å²) in [6.45, 7) is 3.69. The minimum atomic E-state index is -0.304. The van der Waals surface area contributed by atoms with Crippen LogP contribution in [-0.4, -0.2) is 26.8 Å². The molecule has 3 rings (SSSR count). The summed E-state index contributed by atoms with van der Waals surface area (Å²) in [5.74, 6) is -0.132. The molecule has 0 radical (unpaired) electrons. The Morgan fingerprint density at radius 3 is 1.89 bits per heavy atom. The molecule has 0 aromatic heterocycles. The van der Waals surface area contributed by atoms with Gasteiger partial charge in [0.05, 0.1) is 11.4 Å². The van der Waals surface area contributed by atoms with Crippen molar-refractivity contribution in [3.8, 4) is 11.5 Å². The van der Waals surface area contributed by atoms with Crippen molar-refractivity contribution in [2.45, 2.75) is 26.7 Å². The number of rotatable bonds is 5. The molecule has 2 aromatic carbocycles. The number of hydrogen-bond donors (Lipinski definition) is 4. The third-order valence-corrected chi connectivity index (χ3v) is 4.53. The largest absolute Gasteiger partial charge is 0.508 e. The number of ketones is 1. The number of carbonyl (C=O) groups is 1. The molecule has 0 fully saturated rings. The van der Waals surface area contributed by atoms with Crippen LogP contribution in [0.15, 0.2) is 76.1 Å². The van der Waals surface area contributed by atoms with Gasteiger partial charge in [0.15, 0.2) is 0 Å². The highest BCUT2D eigenvalue weighted by molar-refractivity contribution is 6.53. The second-order valence-corrected chi connectivity index (χ2v) is 6.37. The van der Waals surface area contributed by atoms with E-state index in [1.54, 1.807) is 31.2 Å². The minimum Gasteiger partial charge on any atom is -0.508 e. The molecule has 6 nitrogen and oxygen atoms in total. The van der Waals surface area contributed by atoms with Crippen molar-refractivity contribution >= 4 is 22.9 Å². The lowest BCUT2D eigenvalue weighted by Crippen LogP contribution is -2.28. The Labute approximate surface area is 163 Å². The summed E-state index contributed by atoms with van der Waals surface area (Å²) < 4.78 is 0. The van der Waals surface area contributed by atoms with E-state index in [-0.39, 0.29) is 34.3 Å². The maximum absolute atomic E-state index is 13.0. The molecule has 0 amide bonds. The molecule has 6 heteroatoms. The van der Waals surface area contributed by atoms with Gasteiger partial charge >= 0.3 is 0 Å². The Bertz CT molecular complexity index is 984. The number of nitrogens with one attached hydrogen (secondary N) is 1. The Morgan fingerprint density at radius 2 is 1.36 bits per heavy atom. The van der Waals surface area contributed by atoms with Crippen molar-refractivity contribution < 1.29 is 20.1 Å². The first-order chi connectivity index (χ1) is 13.4. The van der Waals surface area contributed by atoms with E-state index in [1.807, 2.05) is 6.92 Å². The van der Waals surface area contributed by atoms with Crippen LogP contribution in [0, 0.1) is 0 Å². The first-order valence-electron chi connectivity index (χ1n) is 9.09. The molecule has 0 saturated heterocycles. The maximum atomic E-state index is 13.0. The van der Waals surface area contributed by atoms with E-state index in [1.165, 1.54) is 24.3 Å². The van der Waals surface area contributed by atoms with E-state index in [9.17, 15) is 20.1 Å². The number of nitrogens with zero attached hydrogens (tertiary/aromatic N) is 1. The monoisotopic (exact) mass is 378 g/mol. The zero-order valence-corrected chi connectivity index (χ0v) is 15.7. The summed E-state index contributed by atoms with van der Waals surface area (Å²) in [6, 6.07) is 12.7. The topological polar surface area (TPSA) is 102 Å². The van der Waals surface area contributed by atoms with Crippen LogP contribution in [0.1, 0.15) is 26.7 Å². The Kier molecular flexibility index (Phi) is 5.49. The summed E-state index contributed by atoms with van der Waals surface area (Å²) in [6.07, 6.45) is 0.834. The van der Waals surface area contributed by atoms with Gasteiger partial charge in [-0.2, -0.15) is 0 Å². The van der Waals surface area contributed by atoms with Gasteiger partial charge < -0.3 is 20.6 Å². The fourth-order valence-corrected chi connectivity index (χ4v) is 3.07. The van der Waals surface area contributed by atoms with Crippen molar-refractivity contribution in [1.29, 1.82) is 0 Å². The van der Waals surface area contributed by atoms with Crippen molar-refractivity contribution in [3.05, 3.63) is 71.1 Å². The van der Waals surface area contributed by atoms with Gasteiger partial charge in [0, 0.05) is 16.8 Å². The van der Waals surface area contributed by atoms with Gasteiger partial charge in [0.25, 0.3) is 0 Å². The maximum Gasteiger partial charge on any atom is 0.211 e. The number of aliphatic hydroxyl groups is 1. The van der Waals surface area contributed by atoms with Gasteiger partial charge in [-0.05, 0) is 61.4 Å². The quantitative estimate of drug-likeness (QED) is 0.444. The minimum absolute atomic E-state index is 0.0814. The number of aromatic hydroxyl groups is 2. The predicted molar refractivity (Wildman–Crippen MR) is 109 cm³/mol. The normalized spacial score (nSPS) is 16.1. The molecule has 0 unspecified atom stereocenters. The fraction of sp³-hybridized carbons (Fsp3) is 0.182. The highest BCUT2D eigenvalue weighted by Crippen LogP contribution is 2.32. The number of allylic oxidation sites excluding steroid dienone is 2. The highest BCUT2D eigenvalue weighted by Gasteiger charge is 2.32. The number of phenolic OH excluding ortho intramolecular Hbond substituents is 2. The molecule has 0 atom stereocenters. The zero-order chi connectivity index (χ0) is 20.3. The Hall–Kier alpha value is -3.54. The van der Waals surface area contributed by atoms with Crippen molar-refractivity contribution in [1.82, 2.24) is 0 Å². The molecule has 144 valence electrons. The van der Waals surface area contributed by atoms with E-state index in [4.69, 9.17) is 0 Å². The van der Waals surface area contributed by atoms with Crippen LogP contribution in [0.25, 0.3) is 0 Å². The Morgan fingerprint density at radius 1 is 0.821 bits per heavy atom. The number of aliphatic imine (C=N–C) groups is 1. The number of anilines is 1. The molecule has 0 bridgehead atoms. The molecule has 0 spiro atoms. The van der Waals surface area contributed by atoms with Crippen LogP contribution < -0.4 is 5.32 Å². The third kappa shape index (κ3) is 3.76. The van der Waals surface area contributed by atoms with Gasteiger partial charge in [0.1, 0.15) is 23.0 Å². The van der Waals surface area contributed by atoms with Gasteiger partial charge in [-0.3, -0.25) is 4.79 Å². The smallest absolute Gasteiger partial charge is 0.211 e. The van der Waals surface area contributed by atoms with E-state index < -0.39 is 0 Å². The van der Waals surface area contributed by atoms with Crippen LogP contribution in [0.2, 0.25) is 0 Å². The van der Waals surface area contributed by atoms with E-state index in [0.29, 0.717) is 35.5 Å². The number of phenols is 2. The first kappa shape index (κ1) is 19.2. The molecule has 1 aliphatic carbocycles. The van der Waals surface area contributed by atoms with Crippen LogP contribution in [-0.2, 0) is 4.79 Å². The number of Topliss-reactive ketones (excluding diaryl/α,β-unsaturated/α-hetero) is 1. The average Bonchev–Trinajstić information content (AvgIpc) is 2.69. The van der Waals surface area contributed by atoms with E-state index in [0.717, 1.165) is 0 Å². The zero-order valence-electron chi connectivity index (χ0n) is 15.7. The molecule has 28 heavy (non-hydrogen) atoms. The van der Waals surface area contributed by atoms with Crippen LogP contribution in [0.4, 0.5) is 11.4 Å². The SMILES string of the molecule is CCC1=C(O)C(Nc2ccc(O)cc2)=C(CC)C(=Nc2ccc(O)cc2)C1=O.